The number of anilines is 1. The first-order chi connectivity index (χ1) is 8.41. The molecule has 1 atom stereocenters. The van der Waals surface area contributed by atoms with E-state index < -0.39 is 0 Å². The smallest absolute Gasteiger partial charge is 0.0426 e. The number of hydrogen-bond acceptors (Lipinski definition) is 2. The summed E-state index contributed by atoms with van der Waals surface area (Å²) in [5, 5.41) is 0.814. The van der Waals surface area contributed by atoms with E-state index in [4.69, 9.17) is 17.3 Å². The van der Waals surface area contributed by atoms with Crippen molar-refractivity contribution in [1.29, 1.82) is 0 Å². The van der Waals surface area contributed by atoms with Crippen molar-refractivity contribution in [3.63, 3.8) is 0 Å². The molecule has 2 nitrogen and oxygen atoms in total. The third kappa shape index (κ3) is 2.81. The zero-order chi connectivity index (χ0) is 13.3. The Morgan fingerprint density at radius 1 is 1.39 bits per heavy atom. The van der Waals surface area contributed by atoms with Crippen LogP contribution >= 0.6 is 11.6 Å². The first kappa shape index (κ1) is 13.7. The number of halogens is 1. The van der Waals surface area contributed by atoms with Gasteiger partial charge in [-0.15, -0.1) is 0 Å². The van der Waals surface area contributed by atoms with Crippen LogP contribution in [0.4, 0.5) is 5.69 Å². The van der Waals surface area contributed by atoms with Crippen LogP contribution in [0.25, 0.3) is 0 Å². The molecule has 1 aromatic rings. The zero-order valence-electron chi connectivity index (χ0n) is 11.5. The average Bonchev–Trinajstić information content (AvgIpc) is 2.75. The molecule has 1 aromatic carbocycles. The van der Waals surface area contributed by atoms with Crippen molar-refractivity contribution in [3.8, 4) is 0 Å². The normalized spacial score (nSPS) is 20.5. The summed E-state index contributed by atoms with van der Waals surface area (Å²) in [6.45, 7) is 9.66. The van der Waals surface area contributed by atoms with Gasteiger partial charge in [0.1, 0.15) is 0 Å². The lowest BCUT2D eigenvalue weighted by Crippen LogP contribution is -2.26. The Hall–Kier alpha value is -0.730. The van der Waals surface area contributed by atoms with Crippen LogP contribution in [0.5, 0.6) is 0 Å². The molecule has 1 saturated heterocycles. The maximum absolute atomic E-state index is 6.16. The Kier molecular flexibility index (Phi) is 3.88. The fourth-order valence-electron chi connectivity index (χ4n) is 2.64. The van der Waals surface area contributed by atoms with Gasteiger partial charge in [0.2, 0.25) is 0 Å². The van der Waals surface area contributed by atoms with Crippen molar-refractivity contribution < 1.29 is 0 Å². The highest BCUT2D eigenvalue weighted by Crippen LogP contribution is 2.36. The minimum atomic E-state index is 0.140. The van der Waals surface area contributed by atoms with Gasteiger partial charge in [-0.1, -0.05) is 38.4 Å². The highest BCUT2D eigenvalue weighted by Gasteiger charge is 2.26. The van der Waals surface area contributed by atoms with Crippen LogP contribution in [0.2, 0.25) is 5.02 Å². The minimum absolute atomic E-state index is 0.140. The second kappa shape index (κ2) is 5.10. The van der Waals surface area contributed by atoms with Gasteiger partial charge in [0.15, 0.2) is 0 Å². The number of hydrogen-bond donors (Lipinski definition) is 1. The summed E-state index contributed by atoms with van der Waals surface area (Å²) < 4.78 is 0. The molecule has 1 aliphatic heterocycles. The number of nitrogens with zero attached hydrogens (tertiary/aromatic N) is 1. The molecule has 18 heavy (non-hydrogen) atoms. The predicted octanol–water partition coefficient (Wildman–Crippen LogP) is 3.42. The summed E-state index contributed by atoms with van der Waals surface area (Å²) in [5.41, 5.74) is 8.56. The lowest BCUT2D eigenvalue weighted by molar-refractivity contribution is 0.585. The van der Waals surface area contributed by atoms with E-state index in [1.807, 2.05) is 6.07 Å². The van der Waals surface area contributed by atoms with Gasteiger partial charge in [0.25, 0.3) is 0 Å². The van der Waals surface area contributed by atoms with Crippen molar-refractivity contribution in [2.24, 2.45) is 11.7 Å². The van der Waals surface area contributed by atoms with Gasteiger partial charge in [-0.2, -0.15) is 0 Å². The van der Waals surface area contributed by atoms with Crippen molar-refractivity contribution in [2.45, 2.75) is 32.6 Å². The molecular weight excluding hydrogens is 244 g/mol. The first-order valence-corrected chi connectivity index (χ1v) is 7.04. The van der Waals surface area contributed by atoms with Gasteiger partial charge in [-0.25, -0.2) is 0 Å². The van der Waals surface area contributed by atoms with Crippen molar-refractivity contribution in [1.82, 2.24) is 0 Å². The second-order valence-corrected chi connectivity index (χ2v) is 6.68. The Labute approximate surface area is 115 Å². The molecule has 100 valence electrons. The first-order valence-electron chi connectivity index (χ1n) is 6.67. The summed E-state index contributed by atoms with van der Waals surface area (Å²) in [4.78, 5) is 2.43. The summed E-state index contributed by atoms with van der Waals surface area (Å²) >= 11 is 6.16. The second-order valence-electron chi connectivity index (χ2n) is 6.25. The fourth-order valence-corrected chi connectivity index (χ4v) is 2.81. The molecule has 0 bridgehead atoms. The molecule has 3 heteroatoms. The third-order valence-electron chi connectivity index (χ3n) is 3.73. The number of benzene rings is 1. The zero-order valence-corrected chi connectivity index (χ0v) is 12.3. The molecule has 0 saturated carbocycles. The molecule has 2 rings (SSSR count). The van der Waals surface area contributed by atoms with E-state index in [1.54, 1.807) is 0 Å². The molecule has 1 aliphatic rings. The van der Waals surface area contributed by atoms with E-state index in [-0.39, 0.29) is 5.41 Å². The SMILES string of the molecule is CC(C)(C)c1ccc(Cl)cc1N1CC[C@H](CN)C1. The topological polar surface area (TPSA) is 29.3 Å². The maximum atomic E-state index is 6.16. The molecule has 0 aliphatic carbocycles. The molecular formula is C15H23ClN2. The standard InChI is InChI=1S/C15H23ClN2/c1-15(2,3)13-5-4-12(16)8-14(13)18-7-6-11(9-17)10-18/h4-5,8,11H,6-7,9-10,17H2,1-3H3/t11-/m1/s1. The molecule has 0 amide bonds. The lowest BCUT2D eigenvalue weighted by atomic mass is 9.85. The Morgan fingerprint density at radius 3 is 2.67 bits per heavy atom. The van der Waals surface area contributed by atoms with E-state index >= 15 is 0 Å². The summed E-state index contributed by atoms with van der Waals surface area (Å²) in [6.07, 6.45) is 1.19. The van der Waals surface area contributed by atoms with Gasteiger partial charge in [-0.05, 0) is 42.0 Å². The van der Waals surface area contributed by atoms with E-state index in [2.05, 4.69) is 37.8 Å². The molecule has 1 heterocycles. The van der Waals surface area contributed by atoms with Crippen molar-refractivity contribution >= 4 is 17.3 Å². The summed E-state index contributed by atoms with van der Waals surface area (Å²) in [5.74, 6) is 0.622. The van der Waals surface area contributed by atoms with Gasteiger partial charge >= 0.3 is 0 Å². The van der Waals surface area contributed by atoms with E-state index in [0.29, 0.717) is 5.92 Å². The average molecular weight is 267 g/mol. The third-order valence-corrected chi connectivity index (χ3v) is 3.96. The molecule has 1 fully saturated rings. The Bertz CT molecular complexity index is 423. The van der Waals surface area contributed by atoms with Crippen LogP contribution in [0.3, 0.4) is 0 Å². The van der Waals surface area contributed by atoms with Crippen LogP contribution in [-0.2, 0) is 5.41 Å². The Morgan fingerprint density at radius 2 is 2.11 bits per heavy atom. The van der Waals surface area contributed by atoms with E-state index in [9.17, 15) is 0 Å². The summed E-state index contributed by atoms with van der Waals surface area (Å²) in [7, 11) is 0. The highest BCUT2D eigenvalue weighted by molar-refractivity contribution is 6.30. The monoisotopic (exact) mass is 266 g/mol. The van der Waals surface area contributed by atoms with Gasteiger partial charge < -0.3 is 10.6 Å². The quantitative estimate of drug-likeness (QED) is 0.889. The van der Waals surface area contributed by atoms with E-state index in [1.165, 1.54) is 17.7 Å². The number of rotatable bonds is 2. The lowest BCUT2D eigenvalue weighted by Gasteiger charge is -2.29. The predicted molar refractivity (Wildman–Crippen MR) is 79.5 cm³/mol. The van der Waals surface area contributed by atoms with Crippen LogP contribution in [0.1, 0.15) is 32.8 Å². The van der Waals surface area contributed by atoms with Crippen LogP contribution in [-0.4, -0.2) is 19.6 Å². The Balaban J connectivity index is 2.34. The van der Waals surface area contributed by atoms with Crippen molar-refractivity contribution in [3.05, 3.63) is 28.8 Å². The summed E-state index contributed by atoms with van der Waals surface area (Å²) in [6, 6.07) is 6.25. The number of nitrogens with two attached hydrogens (primary N) is 1. The van der Waals surface area contributed by atoms with Crippen LogP contribution < -0.4 is 10.6 Å². The van der Waals surface area contributed by atoms with Crippen LogP contribution in [0.15, 0.2) is 18.2 Å². The van der Waals surface area contributed by atoms with E-state index in [0.717, 1.165) is 24.7 Å². The van der Waals surface area contributed by atoms with Gasteiger partial charge in [-0.3, -0.25) is 0 Å². The largest absolute Gasteiger partial charge is 0.371 e. The molecule has 2 N–H and O–H groups in total. The molecule has 0 spiro atoms. The van der Waals surface area contributed by atoms with Crippen molar-refractivity contribution in [2.75, 3.05) is 24.5 Å². The molecule has 0 unspecified atom stereocenters. The maximum Gasteiger partial charge on any atom is 0.0426 e. The minimum Gasteiger partial charge on any atom is -0.371 e. The van der Waals surface area contributed by atoms with Gasteiger partial charge in [0.05, 0.1) is 0 Å². The van der Waals surface area contributed by atoms with Gasteiger partial charge in [0, 0.05) is 23.8 Å². The fraction of sp³-hybridized carbons (Fsp3) is 0.600. The molecule has 0 radical (unpaired) electrons. The molecule has 0 aromatic heterocycles. The van der Waals surface area contributed by atoms with Crippen LogP contribution in [0, 0.1) is 5.92 Å². The highest BCUT2D eigenvalue weighted by atomic mass is 35.5.